The number of anilines is 1. The highest BCUT2D eigenvalue weighted by atomic mass is 35.5. The molecular weight excluding hydrogens is 310 g/mol. The lowest BCUT2D eigenvalue weighted by Crippen LogP contribution is -2.30. The molecule has 3 nitrogen and oxygen atoms in total. The number of rotatable bonds is 5. The van der Waals surface area contributed by atoms with Crippen molar-refractivity contribution in [1.82, 2.24) is 4.90 Å². The van der Waals surface area contributed by atoms with Gasteiger partial charge in [-0.2, -0.15) is 0 Å². The summed E-state index contributed by atoms with van der Waals surface area (Å²) >= 11 is 5.83. The Balaban J connectivity index is 1.92. The molecule has 0 radical (unpaired) electrons. The molecule has 116 valence electrons. The van der Waals surface area contributed by atoms with Crippen molar-refractivity contribution in [2.24, 2.45) is 0 Å². The molecule has 1 amide bonds. The van der Waals surface area contributed by atoms with E-state index in [0.717, 1.165) is 18.2 Å². The fraction of sp³-hybridized carbons (Fsp3) is 0.188. The Kier molecular flexibility index (Phi) is 5.46. The zero-order valence-corrected chi connectivity index (χ0v) is 12.7. The lowest BCUT2D eigenvalue weighted by molar-refractivity contribution is -0.117. The van der Waals surface area contributed by atoms with Gasteiger partial charge in [-0.3, -0.25) is 9.69 Å². The Hall–Kier alpha value is -1.98. The number of likely N-dealkylation sites (N-methyl/N-ethyl adjacent to an activating group) is 1. The molecule has 0 heterocycles. The minimum absolute atomic E-state index is 0.0441. The molecule has 6 heteroatoms. The Labute approximate surface area is 132 Å². The SMILES string of the molecule is CN(CC(=O)Nc1cccc(Cl)c1)Cc1cc(F)ccc1F. The number of carbonyl (C=O) groups excluding carboxylic acids is 1. The van der Waals surface area contributed by atoms with Gasteiger partial charge in [0.2, 0.25) is 5.91 Å². The number of hydrogen-bond donors (Lipinski definition) is 1. The van der Waals surface area contributed by atoms with Crippen LogP contribution in [0.25, 0.3) is 0 Å². The van der Waals surface area contributed by atoms with Crippen LogP contribution < -0.4 is 5.32 Å². The van der Waals surface area contributed by atoms with Crippen LogP contribution >= 0.6 is 11.6 Å². The van der Waals surface area contributed by atoms with Crippen LogP contribution in [-0.4, -0.2) is 24.4 Å². The monoisotopic (exact) mass is 324 g/mol. The molecule has 0 aliphatic carbocycles. The van der Waals surface area contributed by atoms with Gasteiger partial charge in [0.05, 0.1) is 6.54 Å². The molecule has 0 atom stereocenters. The highest BCUT2D eigenvalue weighted by Gasteiger charge is 2.11. The average molecular weight is 325 g/mol. The molecule has 2 rings (SSSR count). The van der Waals surface area contributed by atoms with Gasteiger partial charge >= 0.3 is 0 Å². The predicted molar refractivity (Wildman–Crippen MR) is 82.8 cm³/mol. The van der Waals surface area contributed by atoms with E-state index < -0.39 is 11.6 Å². The third kappa shape index (κ3) is 4.79. The molecule has 0 aliphatic rings. The number of nitrogens with one attached hydrogen (secondary N) is 1. The Morgan fingerprint density at radius 2 is 2.00 bits per heavy atom. The Morgan fingerprint density at radius 3 is 2.73 bits per heavy atom. The van der Waals surface area contributed by atoms with Crippen LogP contribution in [0.4, 0.5) is 14.5 Å². The van der Waals surface area contributed by atoms with Crippen molar-refractivity contribution in [1.29, 1.82) is 0 Å². The van der Waals surface area contributed by atoms with Gasteiger partial charge in [0.15, 0.2) is 0 Å². The normalized spacial score (nSPS) is 10.8. The van der Waals surface area contributed by atoms with Gasteiger partial charge in [-0.05, 0) is 43.4 Å². The standard InChI is InChI=1S/C16H15ClF2N2O/c1-21(9-11-7-13(18)5-6-15(11)19)10-16(22)20-14-4-2-3-12(17)8-14/h2-8H,9-10H2,1H3,(H,20,22). The van der Waals surface area contributed by atoms with E-state index in [9.17, 15) is 13.6 Å². The van der Waals surface area contributed by atoms with E-state index in [1.807, 2.05) is 0 Å². The molecule has 2 aromatic rings. The summed E-state index contributed by atoms with van der Waals surface area (Å²) in [5.74, 6) is -1.27. The minimum atomic E-state index is -0.506. The van der Waals surface area contributed by atoms with Crippen LogP contribution in [0.15, 0.2) is 42.5 Å². The molecule has 0 aromatic heterocycles. The van der Waals surface area contributed by atoms with Crippen molar-refractivity contribution in [2.45, 2.75) is 6.54 Å². The smallest absolute Gasteiger partial charge is 0.238 e. The molecule has 2 aromatic carbocycles. The molecule has 0 bridgehead atoms. The molecule has 0 saturated heterocycles. The van der Waals surface area contributed by atoms with Crippen molar-refractivity contribution >= 4 is 23.2 Å². The first-order valence-corrected chi connectivity index (χ1v) is 7.00. The molecule has 0 unspecified atom stereocenters. The van der Waals surface area contributed by atoms with Crippen LogP contribution in [0, 0.1) is 11.6 Å². The summed E-state index contributed by atoms with van der Waals surface area (Å²) in [5, 5.41) is 3.21. The summed E-state index contributed by atoms with van der Waals surface area (Å²) < 4.78 is 26.7. The second-order valence-electron chi connectivity index (χ2n) is 4.97. The maximum absolute atomic E-state index is 13.6. The molecule has 0 saturated carbocycles. The summed E-state index contributed by atoms with van der Waals surface area (Å²) in [5.41, 5.74) is 0.792. The number of halogens is 3. The predicted octanol–water partition coefficient (Wildman–Crippen LogP) is 3.69. The van der Waals surface area contributed by atoms with Gasteiger partial charge in [-0.15, -0.1) is 0 Å². The first kappa shape index (κ1) is 16.4. The number of carbonyl (C=O) groups is 1. The van der Waals surface area contributed by atoms with E-state index in [2.05, 4.69) is 5.32 Å². The molecular formula is C16H15ClF2N2O. The second kappa shape index (κ2) is 7.33. The first-order chi connectivity index (χ1) is 10.4. The van der Waals surface area contributed by atoms with Crippen LogP contribution in [0.2, 0.25) is 5.02 Å². The van der Waals surface area contributed by atoms with Crippen LogP contribution in [0.5, 0.6) is 0 Å². The van der Waals surface area contributed by atoms with Crippen molar-refractivity contribution in [2.75, 3.05) is 18.9 Å². The van der Waals surface area contributed by atoms with Gasteiger partial charge in [-0.25, -0.2) is 8.78 Å². The summed E-state index contributed by atoms with van der Waals surface area (Å²) in [4.78, 5) is 13.5. The lowest BCUT2D eigenvalue weighted by Gasteiger charge is -2.17. The fourth-order valence-corrected chi connectivity index (χ4v) is 2.21. The first-order valence-electron chi connectivity index (χ1n) is 6.62. The summed E-state index contributed by atoms with van der Waals surface area (Å²) in [6.45, 7) is 0.176. The van der Waals surface area contributed by atoms with Gasteiger partial charge in [0.1, 0.15) is 11.6 Å². The lowest BCUT2D eigenvalue weighted by atomic mass is 10.2. The highest BCUT2D eigenvalue weighted by Crippen LogP contribution is 2.15. The zero-order valence-electron chi connectivity index (χ0n) is 11.9. The maximum atomic E-state index is 13.6. The molecule has 0 fully saturated rings. The molecule has 1 N–H and O–H groups in total. The number of benzene rings is 2. The number of nitrogens with zero attached hydrogens (tertiary/aromatic N) is 1. The molecule has 0 aliphatic heterocycles. The zero-order chi connectivity index (χ0) is 16.1. The van der Waals surface area contributed by atoms with Crippen molar-refractivity contribution in [3.05, 3.63) is 64.7 Å². The van der Waals surface area contributed by atoms with Crippen LogP contribution in [0.1, 0.15) is 5.56 Å². The maximum Gasteiger partial charge on any atom is 0.238 e. The highest BCUT2D eigenvalue weighted by molar-refractivity contribution is 6.30. The largest absolute Gasteiger partial charge is 0.325 e. The average Bonchev–Trinajstić information content (AvgIpc) is 2.42. The minimum Gasteiger partial charge on any atom is -0.325 e. The van der Waals surface area contributed by atoms with E-state index in [1.54, 1.807) is 36.2 Å². The van der Waals surface area contributed by atoms with E-state index in [4.69, 9.17) is 11.6 Å². The second-order valence-corrected chi connectivity index (χ2v) is 5.40. The third-order valence-electron chi connectivity index (χ3n) is 2.97. The number of hydrogen-bond acceptors (Lipinski definition) is 2. The van der Waals surface area contributed by atoms with E-state index in [1.165, 1.54) is 0 Å². The number of amides is 1. The van der Waals surface area contributed by atoms with Crippen LogP contribution in [0.3, 0.4) is 0 Å². The van der Waals surface area contributed by atoms with E-state index in [0.29, 0.717) is 10.7 Å². The van der Waals surface area contributed by atoms with E-state index in [-0.39, 0.29) is 24.6 Å². The topological polar surface area (TPSA) is 32.3 Å². The van der Waals surface area contributed by atoms with Gasteiger partial charge < -0.3 is 5.32 Å². The van der Waals surface area contributed by atoms with Gasteiger partial charge in [0.25, 0.3) is 0 Å². The Morgan fingerprint density at radius 1 is 1.23 bits per heavy atom. The third-order valence-corrected chi connectivity index (χ3v) is 3.21. The molecule has 22 heavy (non-hydrogen) atoms. The summed E-state index contributed by atoms with van der Waals surface area (Å²) in [6, 6.07) is 10.0. The van der Waals surface area contributed by atoms with Crippen molar-refractivity contribution in [3.8, 4) is 0 Å². The van der Waals surface area contributed by atoms with Crippen molar-refractivity contribution < 1.29 is 13.6 Å². The molecule has 0 spiro atoms. The fourth-order valence-electron chi connectivity index (χ4n) is 2.02. The van der Waals surface area contributed by atoms with Crippen LogP contribution in [-0.2, 0) is 11.3 Å². The van der Waals surface area contributed by atoms with E-state index >= 15 is 0 Å². The Bertz CT molecular complexity index is 679. The quantitative estimate of drug-likeness (QED) is 0.909. The summed E-state index contributed by atoms with van der Waals surface area (Å²) in [7, 11) is 1.65. The van der Waals surface area contributed by atoms with Crippen molar-refractivity contribution in [3.63, 3.8) is 0 Å². The van der Waals surface area contributed by atoms with Gasteiger partial charge in [0, 0.05) is 22.8 Å². The van der Waals surface area contributed by atoms with Gasteiger partial charge in [-0.1, -0.05) is 17.7 Å². The summed E-state index contributed by atoms with van der Waals surface area (Å²) in [6.07, 6.45) is 0.